The van der Waals surface area contributed by atoms with E-state index in [9.17, 15) is 22.8 Å². The van der Waals surface area contributed by atoms with Gasteiger partial charge in [0.2, 0.25) is 5.91 Å². The number of hydrogen-bond acceptors (Lipinski definition) is 7. The molecule has 11 nitrogen and oxygen atoms in total. The molecule has 1 aliphatic rings. The van der Waals surface area contributed by atoms with Crippen LogP contribution in [0, 0.1) is 6.92 Å². The van der Waals surface area contributed by atoms with E-state index >= 15 is 0 Å². The van der Waals surface area contributed by atoms with Gasteiger partial charge in [0, 0.05) is 11.6 Å². The van der Waals surface area contributed by atoms with Gasteiger partial charge in [0.1, 0.15) is 18.0 Å². The smallest absolute Gasteiger partial charge is 0.343 e. The molecular weight excluding hydrogens is 464 g/mol. The van der Waals surface area contributed by atoms with Gasteiger partial charge >= 0.3 is 6.03 Å². The molecule has 0 aliphatic carbocycles. The Morgan fingerprint density at radius 2 is 1.81 bits per heavy atom. The summed E-state index contributed by atoms with van der Waals surface area (Å²) >= 11 is 6.10. The van der Waals surface area contributed by atoms with Crippen LogP contribution >= 0.6 is 11.6 Å². The third-order valence-corrected chi connectivity index (χ3v) is 6.29. The second-order valence-electron chi connectivity index (χ2n) is 6.65. The molecule has 1 aliphatic heterocycles. The van der Waals surface area contributed by atoms with Gasteiger partial charge in [-0.05, 0) is 30.7 Å². The van der Waals surface area contributed by atoms with E-state index in [-0.39, 0.29) is 33.5 Å². The van der Waals surface area contributed by atoms with Gasteiger partial charge in [-0.3, -0.25) is 25.1 Å². The first-order valence-electron chi connectivity index (χ1n) is 9.03. The largest absolute Gasteiger partial charge is 0.495 e. The predicted octanol–water partition coefficient (Wildman–Crippen LogP) is 1.66. The number of methoxy groups -OCH3 is 2. The number of urea groups is 1. The average Bonchev–Trinajstić information content (AvgIpc) is 3.04. The Morgan fingerprint density at radius 1 is 1.12 bits per heavy atom. The molecule has 4 amide bonds. The van der Waals surface area contributed by atoms with Crippen molar-refractivity contribution in [1.82, 2.24) is 15.8 Å². The number of hydrogen-bond donors (Lipinski definition) is 3. The van der Waals surface area contributed by atoms with Crippen LogP contribution in [-0.2, 0) is 14.8 Å². The molecule has 0 radical (unpaired) electrons. The molecule has 2 aromatic rings. The standard InChI is InChI=1S/C19H19ClN4O7S/c1-10-4-5-11(18(26)22-24-9-17(25)21-19(24)27)6-16(10)32(28,29)23-13-7-12(20)14(30-2)8-15(13)31-3/h4-8,23H,9H2,1-3H3,(H,22,26)(H,21,25,27). The normalized spacial score (nSPS) is 13.6. The fourth-order valence-electron chi connectivity index (χ4n) is 2.89. The highest BCUT2D eigenvalue weighted by Crippen LogP contribution is 2.37. The first-order chi connectivity index (χ1) is 15.1. The van der Waals surface area contributed by atoms with E-state index in [1.54, 1.807) is 6.92 Å². The van der Waals surface area contributed by atoms with Gasteiger partial charge in [-0.1, -0.05) is 17.7 Å². The van der Waals surface area contributed by atoms with Gasteiger partial charge in [0.05, 0.1) is 29.8 Å². The lowest BCUT2D eigenvalue weighted by atomic mass is 10.1. The van der Waals surface area contributed by atoms with Crippen molar-refractivity contribution in [3.8, 4) is 11.5 Å². The number of halogens is 1. The number of rotatable bonds is 7. The molecular formula is C19H19ClN4O7S. The Labute approximate surface area is 188 Å². The van der Waals surface area contributed by atoms with Crippen LogP contribution in [0.5, 0.6) is 11.5 Å². The van der Waals surface area contributed by atoms with Crippen LogP contribution in [0.15, 0.2) is 35.2 Å². The Hall–Kier alpha value is -3.51. The summed E-state index contributed by atoms with van der Waals surface area (Å²) in [6.07, 6.45) is 0. The van der Waals surface area contributed by atoms with E-state index in [2.05, 4.69) is 10.1 Å². The molecule has 0 atom stereocenters. The minimum absolute atomic E-state index is 0.0390. The molecule has 2 aromatic carbocycles. The zero-order chi connectivity index (χ0) is 23.6. The van der Waals surface area contributed by atoms with Crippen molar-refractivity contribution in [2.75, 3.05) is 25.5 Å². The quantitative estimate of drug-likeness (QED) is 0.509. The predicted molar refractivity (Wildman–Crippen MR) is 114 cm³/mol. The van der Waals surface area contributed by atoms with Gasteiger partial charge < -0.3 is 9.47 Å². The second-order valence-corrected chi connectivity index (χ2v) is 8.71. The van der Waals surface area contributed by atoms with Crippen molar-refractivity contribution < 1.29 is 32.3 Å². The van der Waals surface area contributed by atoms with Gasteiger partial charge in [-0.15, -0.1) is 0 Å². The number of carbonyl (C=O) groups excluding carboxylic acids is 3. The fourth-order valence-corrected chi connectivity index (χ4v) is 4.46. The number of aryl methyl sites for hydroxylation is 1. The zero-order valence-electron chi connectivity index (χ0n) is 17.2. The maximum Gasteiger partial charge on any atom is 0.343 e. The number of imide groups is 1. The maximum atomic E-state index is 13.1. The van der Waals surface area contributed by atoms with Crippen LogP contribution in [0.1, 0.15) is 15.9 Å². The zero-order valence-corrected chi connectivity index (χ0v) is 18.8. The molecule has 1 saturated heterocycles. The number of ether oxygens (including phenoxy) is 2. The van der Waals surface area contributed by atoms with Crippen LogP contribution in [-0.4, -0.2) is 52.0 Å². The molecule has 32 heavy (non-hydrogen) atoms. The summed E-state index contributed by atoms with van der Waals surface area (Å²) in [6.45, 7) is 1.21. The van der Waals surface area contributed by atoms with Crippen molar-refractivity contribution in [2.24, 2.45) is 0 Å². The van der Waals surface area contributed by atoms with Crippen LogP contribution in [0.25, 0.3) is 0 Å². The Bertz CT molecular complexity index is 1220. The number of nitrogens with one attached hydrogen (secondary N) is 3. The van der Waals surface area contributed by atoms with E-state index in [1.807, 2.05) is 5.32 Å². The van der Waals surface area contributed by atoms with Crippen molar-refractivity contribution in [3.63, 3.8) is 0 Å². The minimum atomic E-state index is -4.17. The highest BCUT2D eigenvalue weighted by molar-refractivity contribution is 7.92. The monoisotopic (exact) mass is 482 g/mol. The maximum absolute atomic E-state index is 13.1. The molecule has 1 fully saturated rings. The van der Waals surface area contributed by atoms with E-state index < -0.39 is 27.9 Å². The SMILES string of the molecule is COc1cc(OC)c(NS(=O)(=O)c2cc(C(=O)NN3CC(=O)NC3=O)ccc2C)cc1Cl. The van der Waals surface area contributed by atoms with Gasteiger partial charge in [-0.2, -0.15) is 0 Å². The third-order valence-electron chi connectivity index (χ3n) is 4.49. The molecule has 0 spiro atoms. The van der Waals surface area contributed by atoms with Crippen LogP contribution < -0.4 is 24.9 Å². The summed E-state index contributed by atoms with van der Waals surface area (Å²) in [5, 5.41) is 2.97. The lowest BCUT2D eigenvalue weighted by Gasteiger charge is -2.17. The Morgan fingerprint density at radius 3 is 2.41 bits per heavy atom. The lowest BCUT2D eigenvalue weighted by molar-refractivity contribution is -0.118. The average molecular weight is 483 g/mol. The van der Waals surface area contributed by atoms with Crippen LogP contribution in [0.3, 0.4) is 0 Å². The number of sulfonamides is 1. The molecule has 1 heterocycles. The number of anilines is 1. The summed E-state index contributed by atoms with van der Waals surface area (Å²) in [5.41, 5.74) is 2.65. The van der Waals surface area contributed by atoms with Gasteiger partial charge in [0.15, 0.2) is 0 Å². The van der Waals surface area contributed by atoms with E-state index in [4.69, 9.17) is 21.1 Å². The topological polar surface area (TPSA) is 143 Å². The Balaban J connectivity index is 1.90. The van der Waals surface area contributed by atoms with Crippen molar-refractivity contribution >= 4 is 45.2 Å². The molecule has 0 aromatic heterocycles. The first kappa shape index (κ1) is 23.2. The fraction of sp³-hybridized carbons (Fsp3) is 0.211. The highest BCUT2D eigenvalue weighted by atomic mass is 35.5. The number of hydrazine groups is 1. The molecule has 3 rings (SSSR count). The van der Waals surface area contributed by atoms with Crippen molar-refractivity contribution in [3.05, 3.63) is 46.5 Å². The van der Waals surface area contributed by atoms with E-state index in [1.165, 1.54) is 38.5 Å². The van der Waals surface area contributed by atoms with Crippen LogP contribution in [0.4, 0.5) is 10.5 Å². The summed E-state index contributed by atoms with van der Waals surface area (Å²) in [4.78, 5) is 35.2. The lowest BCUT2D eigenvalue weighted by Crippen LogP contribution is -2.44. The number of carbonyl (C=O) groups is 3. The van der Waals surface area contributed by atoms with Gasteiger partial charge in [0.25, 0.3) is 15.9 Å². The third kappa shape index (κ3) is 4.70. The number of nitrogens with zero attached hydrogens (tertiary/aromatic N) is 1. The molecule has 170 valence electrons. The molecule has 0 saturated carbocycles. The number of benzene rings is 2. The minimum Gasteiger partial charge on any atom is -0.495 e. The summed E-state index contributed by atoms with van der Waals surface area (Å²) in [5.74, 6) is -0.869. The van der Waals surface area contributed by atoms with Crippen molar-refractivity contribution in [2.45, 2.75) is 11.8 Å². The van der Waals surface area contributed by atoms with E-state index in [0.717, 1.165) is 11.1 Å². The second kappa shape index (κ2) is 8.93. The number of amides is 4. The Kier molecular flexibility index (Phi) is 6.46. The van der Waals surface area contributed by atoms with E-state index in [0.29, 0.717) is 11.3 Å². The molecule has 0 unspecified atom stereocenters. The molecule has 0 bridgehead atoms. The molecule has 3 N–H and O–H groups in total. The highest BCUT2D eigenvalue weighted by Gasteiger charge is 2.29. The summed E-state index contributed by atoms with van der Waals surface area (Å²) < 4.78 is 38.9. The first-order valence-corrected chi connectivity index (χ1v) is 10.9. The van der Waals surface area contributed by atoms with Crippen molar-refractivity contribution in [1.29, 1.82) is 0 Å². The summed E-state index contributed by atoms with van der Waals surface area (Å²) in [6, 6.07) is 5.97. The van der Waals surface area contributed by atoms with Gasteiger partial charge in [-0.25, -0.2) is 18.2 Å². The van der Waals surface area contributed by atoms with Crippen LogP contribution in [0.2, 0.25) is 5.02 Å². The summed E-state index contributed by atoms with van der Waals surface area (Å²) in [7, 11) is -1.41. The molecule has 13 heteroatoms.